The summed E-state index contributed by atoms with van der Waals surface area (Å²) in [4.78, 5) is 11.1. The number of aromatic amines is 1. The second-order valence-electron chi connectivity index (χ2n) is 4.99. The van der Waals surface area contributed by atoms with E-state index in [0.29, 0.717) is 16.7 Å². The number of nitrogens with zero attached hydrogens (tertiary/aromatic N) is 2. The molecule has 122 valence electrons. The fourth-order valence-electron chi connectivity index (χ4n) is 2.25. The van der Waals surface area contributed by atoms with Gasteiger partial charge in [0.2, 0.25) is 0 Å². The molecule has 0 bridgehead atoms. The first-order valence-corrected chi connectivity index (χ1v) is 6.78. The van der Waals surface area contributed by atoms with Crippen molar-refractivity contribution in [1.82, 2.24) is 15.4 Å². The Kier molecular flexibility index (Phi) is 3.80. The van der Waals surface area contributed by atoms with Gasteiger partial charge in [-0.05, 0) is 23.3 Å². The molecule has 8 heteroatoms. The van der Waals surface area contributed by atoms with Gasteiger partial charge in [0.25, 0.3) is 0 Å². The Labute approximate surface area is 133 Å². The minimum absolute atomic E-state index is 0.128. The molecule has 0 atom stereocenters. The molecule has 0 saturated carbocycles. The predicted molar refractivity (Wildman–Crippen MR) is 79.2 cm³/mol. The van der Waals surface area contributed by atoms with Gasteiger partial charge < -0.3 is 5.11 Å². The molecular formula is C16H10F3N3O2. The van der Waals surface area contributed by atoms with Crippen molar-refractivity contribution in [3.63, 3.8) is 0 Å². The lowest BCUT2D eigenvalue weighted by molar-refractivity contribution is -0.137. The van der Waals surface area contributed by atoms with Gasteiger partial charge in [-0.15, -0.1) is 5.10 Å². The van der Waals surface area contributed by atoms with Gasteiger partial charge in [0, 0.05) is 5.56 Å². The van der Waals surface area contributed by atoms with Crippen LogP contribution in [0.2, 0.25) is 0 Å². The first-order chi connectivity index (χ1) is 11.4. The fraction of sp³-hybridized carbons (Fsp3) is 0.0625. The molecule has 0 aliphatic carbocycles. The van der Waals surface area contributed by atoms with Gasteiger partial charge in [-0.2, -0.15) is 13.2 Å². The first-order valence-electron chi connectivity index (χ1n) is 6.78. The molecule has 2 aromatic carbocycles. The predicted octanol–water partition coefficient (Wildman–Crippen LogP) is 3.86. The number of alkyl halides is 3. The van der Waals surface area contributed by atoms with E-state index < -0.39 is 17.7 Å². The molecular weight excluding hydrogens is 323 g/mol. The number of benzene rings is 2. The maximum absolute atomic E-state index is 12.6. The van der Waals surface area contributed by atoms with E-state index in [1.807, 2.05) is 0 Å². The van der Waals surface area contributed by atoms with Gasteiger partial charge in [-0.1, -0.05) is 41.6 Å². The highest BCUT2D eigenvalue weighted by Crippen LogP contribution is 2.31. The van der Waals surface area contributed by atoms with E-state index in [2.05, 4.69) is 15.4 Å². The Morgan fingerprint density at radius 3 is 1.92 bits per heavy atom. The molecule has 24 heavy (non-hydrogen) atoms. The van der Waals surface area contributed by atoms with Crippen LogP contribution in [0.25, 0.3) is 22.4 Å². The molecule has 2 N–H and O–H groups in total. The van der Waals surface area contributed by atoms with E-state index in [1.165, 1.54) is 12.1 Å². The Morgan fingerprint density at radius 2 is 1.42 bits per heavy atom. The summed E-state index contributed by atoms with van der Waals surface area (Å²) in [5, 5.41) is 18.5. The van der Waals surface area contributed by atoms with Crippen LogP contribution in [-0.4, -0.2) is 26.5 Å². The molecule has 0 aliphatic rings. The normalized spacial score (nSPS) is 11.5. The molecule has 1 aromatic heterocycles. The monoisotopic (exact) mass is 333 g/mol. The Morgan fingerprint density at radius 1 is 0.917 bits per heavy atom. The number of halogens is 3. The standard InChI is InChI=1S/C16H10F3N3O2/c17-16(18,19)12-7-5-10(6-8-12)9-1-3-11(4-2-9)13-14(15(23)24)21-22-20-13/h1-8H,(H,23,24)(H,20,21,22). The largest absolute Gasteiger partial charge is 0.476 e. The lowest BCUT2D eigenvalue weighted by Gasteiger charge is -2.08. The molecule has 0 aliphatic heterocycles. The zero-order valence-electron chi connectivity index (χ0n) is 12.0. The van der Waals surface area contributed by atoms with Crippen molar-refractivity contribution < 1.29 is 23.1 Å². The van der Waals surface area contributed by atoms with E-state index in [0.717, 1.165) is 12.1 Å². The Hall–Kier alpha value is -3.16. The third-order valence-electron chi connectivity index (χ3n) is 3.47. The summed E-state index contributed by atoms with van der Waals surface area (Å²) in [6.45, 7) is 0. The average molecular weight is 333 g/mol. The number of H-pyrrole nitrogens is 1. The summed E-state index contributed by atoms with van der Waals surface area (Å²) in [6, 6.07) is 11.4. The van der Waals surface area contributed by atoms with Crippen LogP contribution in [0.4, 0.5) is 13.2 Å². The van der Waals surface area contributed by atoms with Crippen molar-refractivity contribution >= 4 is 5.97 Å². The van der Waals surface area contributed by atoms with Gasteiger partial charge in [0.15, 0.2) is 5.69 Å². The van der Waals surface area contributed by atoms with Crippen LogP contribution >= 0.6 is 0 Å². The van der Waals surface area contributed by atoms with Crippen molar-refractivity contribution in [3.8, 4) is 22.4 Å². The Balaban J connectivity index is 1.90. The number of carboxylic acids is 1. The van der Waals surface area contributed by atoms with Crippen LogP contribution in [0, 0.1) is 0 Å². The highest BCUT2D eigenvalue weighted by atomic mass is 19.4. The quantitative estimate of drug-likeness (QED) is 0.763. The number of hydrogen-bond donors (Lipinski definition) is 2. The highest BCUT2D eigenvalue weighted by Gasteiger charge is 2.29. The number of rotatable bonds is 3. The van der Waals surface area contributed by atoms with E-state index >= 15 is 0 Å². The van der Waals surface area contributed by atoms with Crippen LogP contribution in [0.15, 0.2) is 48.5 Å². The molecule has 5 nitrogen and oxygen atoms in total. The molecule has 0 spiro atoms. The summed E-state index contributed by atoms with van der Waals surface area (Å²) in [6.07, 6.45) is -4.37. The molecule has 3 aromatic rings. The summed E-state index contributed by atoms with van der Waals surface area (Å²) < 4.78 is 37.7. The number of carbonyl (C=O) groups is 1. The summed E-state index contributed by atoms with van der Waals surface area (Å²) >= 11 is 0. The Bertz CT molecular complexity index is 869. The smallest absolute Gasteiger partial charge is 0.416 e. The van der Waals surface area contributed by atoms with Crippen molar-refractivity contribution in [1.29, 1.82) is 0 Å². The maximum Gasteiger partial charge on any atom is 0.416 e. The molecule has 0 saturated heterocycles. The zero-order valence-corrected chi connectivity index (χ0v) is 12.0. The highest BCUT2D eigenvalue weighted by molar-refractivity contribution is 5.92. The van der Waals surface area contributed by atoms with Gasteiger partial charge in [-0.25, -0.2) is 4.79 Å². The van der Waals surface area contributed by atoms with Gasteiger partial charge in [-0.3, -0.25) is 5.10 Å². The molecule has 0 radical (unpaired) electrons. The van der Waals surface area contributed by atoms with E-state index in [-0.39, 0.29) is 11.4 Å². The minimum Gasteiger partial charge on any atom is -0.476 e. The van der Waals surface area contributed by atoms with Crippen LogP contribution in [0.5, 0.6) is 0 Å². The lowest BCUT2D eigenvalue weighted by atomic mass is 10.0. The van der Waals surface area contributed by atoms with Gasteiger partial charge in [0.05, 0.1) is 5.56 Å². The number of aromatic nitrogens is 3. The molecule has 3 rings (SSSR count). The van der Waals surface area contributed by atoms with Crippen molar-refractivity contribution in [3.05, 3.63) is 59.8 Å². The fourth-order valence-corrected chi connectivity index (χ4v) is 2.25. The van der Waals surface area contributed by atoms with Crippen LogP contribution < -0.4 is 0 Å². The van der Waals surface area contributed by atoms with E-state index in [9.17, 15) is 18.0 Å². The van der Waals surface area contributed by atoms with Gasteiger partial charge >= 0.3 is 12.1 Å². The van der Waals surface area contributed by atoms with Crippen LogP contribution in [0.3, 0.4) is 0 Å². The second kappa shape index (κ2) is 5.80. The SMILES string of the molecule is O=C(O)c1[nH]nnc1-c1ccc(-c2ccc(C(F)(F)F)cc2)cc1. The average Bonchev–Trinajstić information content (AvgIpc) is 3.04. The van der Waals surface area contributed by atoms with Crippen molar-refractivity contribution in [2.24, 2.45) is 0 Å². The van der Waals surface area contributed by atoms with Gasteiger partial charge in [0.1, 0.15) is 5.69 Å². The third-order valence-corrected chi connectivity index (χ3v) is 3.47. The maximum atomic E-state index is 12.6. The first kappa shape index (κ1) is 15.7. The van der Waals surface area contributed by atoms with Crippen LogP contribution in [0.1, 0.15) is 16.1 Å². The van der Waals surface area contributed by atoms with E-state index in [1.54, 1.807) is 24.3 Å². The zero-order chi connectivity index (χ0) is 17.3. The number of nitrogens with one attached hydrogen (secondary N) is 1. The van der Waals surface area contributed by atoms with Crippen LogP contribution in [-0.2, 0) is 6.18 Å². The summed E-state index contributed by atoms with van der Waals surface area (Å²) in [7, 11) is 0. The third kappa shape index (κ3) is 2.98. The lowest BCUT2D eigenvalue weighted by Crippen LogP contribution is -2.03. The molecule has 1 heterocycles. The minimum atomic E-state index is -4.37. The topological polar surface area (TPSA) is 78.9 Å². The van der Waals surface area contributed by atoms with Crippen molar-refractivity contribution in [2.75, 3.05) is 0 Å². The number of carboxylic acid groups (broad SMARTS) is 1. The molecule has 0 fully saturated rings. The van der Waals surface area contributed by atoms with Crippen molar-refractivity contribution in [2.45, 2.75) is 6.18 Å². The number of hydrogen-bond acceptors (Lipinski definition) is 3. The molecule has 0 unspecified atom stereocenters. The summed E-state index contributed by atoms with van der Waals surface area (Å²) in [5.74, 6) is -1.18. The second-order valence-corrected chi connectivity index (χ2v) is 4.99. The summed E-state index contributed by atoms with van der Waals surface area (Å²) in [5.41, 5.74) is 1.22. The molecule has 0 amide bonds. The van der Waals surface area contributed by atoms with E-state index in [4.69, 9.17) is 5.11 Å². The number of aromatic carboxylic acids is 1.